The van der Waals surface area contributed by atoms with E-state index in [0.29, 0.717) is 21.7 Å². The molecule has 0 fully saturated rings. The maximum absolute atomic E-state index is 6.01. The minimum absolute atomic E-state index is 0.548. The van der Waals surface area contributed by atoms with Crippen molar-refractivity contribution in [2.75, 3.05) is 18.4 Å². The predicted molar refractivity (Wildman–Crippen MR) is 109 cm³/mol. The van der Waals surface area contributed by atoms with Crippen LogP contribution in [0, 0.1) is 0 Å². The normalized spacial score (nSPS) is 12.9. The lowest BCUT2D eigenvalue weighted by Gasteiger charge is -2.17. The molecule has 0 radical (unpaired) electrons. The SMILES string of the molecule is S=C(NCCc1ccc2c(n1)NCCC2)NCc1ccc(Cl)c(Cl)c1. The van der Waals surface area contributed by atoms with Gasteiger partial charge in [-0.15, -0.1) is 0 Å². The van der Waals surface area contributed by atoms with E-state index in [1.807, 2.05) is 12.1 Å². The van der Waals surface area contributed by atoms with Gasteiger partial charge in [0.05, 0.1) is 10.0 Å². The molecule has 0 aliphatic carbocycles. The molecule has 2 heterocycles. The molecule has 1 aliphatic rings. The van der Waals surface area contributed by atoms with Crippen LogP contribution in [0.25, 0.3) is 0 Å². The lowest BCUT2D eigenvalue weighted by atomic mass is 10.1. The fraction of sp³-hybridized carbons (Fsp3) is 0.333. The van der Waals surface area contributed by atoms with Crippen molar-refractivity contribution in [3.8, 4) is 0 Å². The quantitative estimate of drug-likeness (QED) is 0.670. The van der Waals surface area contributed by atoms with Crippen LogP contribution in [-0.2, 0) is 19.4 Å². The fourth-order valence-corrected chi connectivity index (χ4v) is 3.20. The number of nitrogens with zero attached hydrogens (tertiary/aromatic N) is 1. The summed E-state index contributed by atoms with van der Waals surface area (Å²) in [7, 11) is 0. The molecule has 1 aliphatic heterocycles. The van der Waals surface area contributed by atoms with Crippen molar-refractivity contribution >= 4 is 46.4 Å². The summed E-state index contributed by atoms with van der Waals surface area (Å²) in [6.45, 7) is 2.34. The smallest absolute Gasteiger partial charge is 0.166 e. The Morgan fingerprint density at radius 1 is 1.16 bits per heavy atom. The summed E-state index contributed by atoms with van der Waals surface area (Å²) in [6.07, 6.45) is 3.11. The molecule has 0 atom stereocenters. The lowest BCUT2D eigenvalue weighted by molar-refractivity contribution is 0.785. The second-order valence-corrected chi connectivity index (χ2v) is 7.17. The molecule has 7 heteroatoms. The second kappa shape index (κ2) is 8.70. The van der Waals surface area contributed by atoms with E-state index in [4.69, 9.17) is 35.4 Å². The highest BCUT2D eigenvalue weighted by atomic mass is 35.5. The van der Waals surface area contributed by atoms with Crippen molar-refractivity contribution in [3.63, 3.8) is 0 Å². The van der Waals surface area contributed by atoms with E-state index in [1.54, 1.807) is 6.07 Å². The van der Waals surface area contributed by atoms with E-state index < -0.39 is 0 Å². The maximum atomic E-state index is 6.01. The fourth-order valence-electron chi connectivity index (χ4n) is 2.71. The highest BCUT2D eigenvalue weighted by molar-refractivity contribution is 7.80. The third kappa shape index (κ3) is 5.21. The first-order valence-electron chi connectivity index (χ1n) is 8.30. The van der Waals surface area contributed by atoms with Crippen molar-refractivity contribution in [1.29, 1.82) is 0 Å². The average Bonchev–Trinajstić information content (AvgIpc) is 2.62. The van der Waals surface area contributed by atoms with Gasteiger partial charge < -0.3 is 16.0 Å². The van der Waals surface area contributed by atoms with Crippen LogP contribution in [0.3, 0.4) is 0 Å². The van der Waals surface area contributed by atoms with Crippen LogP contribution in [0.15, 0.2) is 30.3 Å². The van der Waals surface area contributed by atoms with Crippen molar-refractivity contribution in [2.24, 2.45) is 0 Å². The first-order valence-corrected chi connectivity index (χ1v) is 9.46. The summed E-state index contributed by atoms with van der Waals surface area (Å²) in [4.78, 5) is 4.68. The van der Waals surface area contributed by atoms with Gasteiger partial charge in [-0.2, -0.15) is 0 Å². The number of rotatable bonds is 5. The Bertz CT molecular complexity index is 767. The zero-order valence-corrected chi connectivity index (χ0v) is 16.1. The van der Waals surface area contributed by atoms with Crippen LogP contribution in [0.2, 0.25) is 10.0 Å². The summed E-state index contributed by atoms with van der Waals surface area (Å²) >= 11 is 17.2. The molecule has 3 N–H and O–H groups in total. The Morgan fingerprint density at radius 3 is 2.88 bits per heavy atom. The number of hydrogen-bond donors (Lipinski definition) is 3. The van der Waals surface area contributed by atoms with E-state index in [9.17, 15) is 0 Å². The van der Waals surface area contributed by atoms with E-state index in [2.05, 4.69) is 33.1 Å². The minimum atomic E-state index is 0.548. The number of hydrogen-bond acceptors (Lipinski definition) is 3. The molecule has 0 unspecified atom stereocenters. The third-order valence-corrected chi connectivity index (χ3v) is 5.08. The maximum Gasteiger partial charge on any atom is 0.166 e. The zero-order chi connectivity index (χ0) is 17.6. The lowest BCUT2D eigenvalue weighted by Crippen LogP contribution is -2.36. The molecule has 0 spiro atoms. The molecule has 25 heavy (non-hydrogen) atoms. The van der Waals surface area contributed by atoms with E-state index in [-0.39, 0.29) is 0 Å². The van der Waals surface area contributed by atoms with Crippen LogP contribution < -0.4 is 16.0 Å². The highest BCUT2D eigenvalue weighted by Gasteiger charge is 2.10. The van der Waals surface area contributed by atoms with Gasteiger partial charge in [0.1, 0.15) is 5.82 Å². The van der Waals surface area contributed by atoms with Gasteiger partial charge in [0.2, 0.25) is 0 Å². The zero-order valence-electron chi connectivity index (χ0n) is 13.7. The van der Waals surface area contributed by atoms with Gasteiger partial charge in [-0.05, 0) is 54.4 Å². The van der Waals surface area contributed by atoms with Crippen LogP contribution in [0.5, 0.6) is 0 Å². The standard InChI is InChI=1S/C18H20Cl2N4S/c19-15-6-3-12(10-16(15)20)11-23-18(25)22-9-7-14-5-4-13-2-1-8-21-17(13)24-14/h3-6,10H,1-2,7-9,11H2,(H,21,24)(H2,22,23,25). The summed E-state index contributed by atoms with van der Waals surface area (Å²) in [5.74, 6) is 1.03. The Labute approximate surface area is 163 Å². The van der Waals surface area contributed by atoms with Gasteiger partial charge in [-0.3, -0.25) is 0 Å². The van der Waals surface area contributed by atoms with Crippen molar-refractivity contribution in [1.82, 2.24) is 15.6 Å². The minimum Gasteiger partial charge on any atom is -0.370 e. The summed E-state index contributed by atoms with van der Waals surface area (Å²) in [5, 5.41) is 11.5. The number of aryl methyl sites for hydroxylation is 1. The van der Waals surface area contributed by atoms with Crippen molar-refractivity contribution in [3.05, 3.63) is 57.2 Å². The van der Waals surface area contributed by atoms with Crippen LogP contribution in [0.4, 0.5) is 5.82 Å². The number of halogens is 2. The number of anilines is 1. The molecule has 0 saturated heterocycles. The molecule has 0 saturated carbocycles. The molecule has 2 aromatic rings. The Hall–Kier alpha value is -1.56. The average molecular weight is 395 g/mol. The van der Waals surface area contributed by atoms with Crippen LogP contribution in [-0.4, -0.2) is 23.2 Å². The summed E-state index contributed by atoms with van der Waals surface area (Å²) in [5.41, 5.74) is 3.40. The van der Waals surface area contributed by atoms with Gasteiger partial charge in [-0.25, -0.2) is 4.98 Å². The molecule has 1 aromatic carbocycles. The molecule has 0 amide bonds. The van der Waals surface area contributed by atoms with E-state index in [1.165, 1.54) is 12.0 Å². The first-order chi connectivity index (χ1) is 12.1. The first kappa shape index (κ1) is 18.2. The molecule has 3 rings (SSSR count). The van der Waals surface area contributed by atoms with Crippen LogP contribution in [0.1, 0.15) is 23.2 Å². The molecule has 4 nitrogen and oxygen atoms in total. The third-order valence-electron chi connectivity index (χ3n) is 4.06. The largest absolute Gasteiger partial charge is 0.370 e. The molecule has 1 aromatic heterocycles. The van der Waals surface area contributed by atoms with Gasteiger partial charge in [0.25, 0.3) is 0 Å². The predicted octanol–water partition coefficient (Wildman–Crippen LogP) is 3.95. The monoisotopic (exact) mass is 394 g/mol. The number of benzene rings is 1. The number of fused-ring (bicyclic) bond motifs is 1. The Morgan fingerprint density at radius 2 is 2.04 bits per heavy atom. The highest BCUT2D eigenvalue weighted by Crippen LogP contribution is 2.22. The summed E-state index contributed by atoms with van der Waals surface area (Å²) in [6, 6.07) is 9.81. The molecular weight excluding hydrogens is 375 g/mol. The van der Waals surface area contributed by atoms with Crippen LogP contribution >= 0.6 is 35.4 Å². The second-order valence-electron chi connectivity index (χ2n) is 5.95. The summed E-state index contributed by atoms with van der Waals surface area (Å²) < 4.78 is 0. The van der Waals surface area contributed by atoms with Gasteiger partial charge >= 0.3 is 0 Å². The topological polar surface area (TPSA) is 49.0 Å². The van der Waals surface area contributed by atoms with Crippen molar-refractivity contribution < 1.29 is 0 Å². The van der Waals surface area contributed by atoms with E-state index in [0.717, 1.165) is 43.0 Å². The molecule has 0 bridgehead atoms. The number of thiocarbonyl (C=S) groups is 1. The number of nitrogens with one attached hydrogen (secondary N) is 3. The number of pyridine rings is 1. The van der Waals surface area contributed by atoms with Gasteiger partial charge in [-0.1, -0.05) is 35.3 Å². The van der Waals surface area contributed by atoms with Crippen molar-refractivity contribution in [2.45, 2.75) is 25.8 Å². The number of aromatic nitrogens is 1. The van der Waals surface area contributed by atoms with Gasteiger partial charge in [0.15, 0.2) is 5.11 Å². The van der Waals surface area contributed by atoms with Gasteiger partial charge in [0, 0.05) is 31.7 Å². The Kier molecular flexibility index (Phi) is 6.34. The molecule has 132 valence electrons. The van der Waals surface area contributed by atoms with E-state index >= 15 is 0 Å². The molecular formula is C18H20Cl2N4S. The Balaban J connectivity index is 1.42.